The summed E-state index contributed by atoms with van der Waals surface area (Å²) >= 11 is 8.12. The molecule has 3 aromatic rings. The predicted octanol–water partition coefficient (Wildman–Crippen LogP) is 5.53. The Morgan fingerprint density at radius 2 is 1.75 bits per heavy atom. The van der Waals surface area contributed by atoms with Gasteiger partial charge in [0, 0.05) is 48.5 Å². The highest BCUT2D eigenvalue weighted by atomic mass is 35.5. The molecule has 12 nitrogen and oxygen atoms in total. The minimum atomic E-state index is -0.700. The highest BCUT2D eigenvalue weighted by Crippen LogP contribution is 2.58. The minimum Gasteiger partial charge on any atom is -0.379 e. The maximum Gasteiger partial charge on any atom is 0.249 e. The molecule has 4 aliphatic rings. The van der Waals surface area contributed by atoms with Gasteiger partial charge >= 0.3 is 0 Å². The summed E-state index contributed by atoms with van der Waals surface area (Å²) < 4.78 is 13.8. The molecule has 2 N–H and O–H groups in total. The topological polar surface area (TPSA) is 145 Å². The number of carbonyl (C=O) groups is 4. The normalized spacial score (nSPS) is 25.2. The van der Waals surface area contributed by atoms with Crippen LogP contribution in [0.2, 0.25) is 5.02 Å². The van der Waals surface area contributed by atoms with Crippen LogP contribution in [0.25, 0.3) is 0 Å². The van der Waals surface area contributed by atoms with Crippen LogP contribution in [0.1, 0.15) is 91.9 Å². The first-order valence-corrected chi connectivity index (χ1v) is 19.6. The zero-order valence-electron chi connectivity index (χ0n) is 30.2. The van der Waals surface area contributed by atoms with Gasteiger partial charge in [0.1, 0.15) is 17.7 Å². The molecule has 0 aliphatic carbocycles. The zero-order valence-corrected chi connectivity index (χ0v) is 31.8. The van der Waals surface area contributed by atoms with Crippen LogP contribution in [-0.2, 0) is 28.7 Å². The number of anilines is 1. The Labute approximate surface area is 318 Å². The molecule has 0 saturated carbocycles. The largest absolute Gasteiger partial charge is 0.379 e. The number of ether oxygens (including phenoxy) is 2. The van der Waals surface area contributed by atoms with Crippen molar-refractivity contribution >= 4 is 52.7 Å². The summed E-state index contributed by atoms with van der Waals surface area (Å²) in [5.74, 6) is 0.651. The molecule has 6 atom stereocenters. The monoisotopic (exact) mass is 760 g/mol. The highest BCUT2D eigenvalue weighted by Gasteiger charge is 2.46. The molecule has 4 amide bonds. The van der Waals surface area contributed by atoms with E-state index in [9.17, 15) is 19.2 Å². The van der Waals surface area contributed by atoms with Crippen molar-refractivity contribution in [1.82, 2.24) is 25.4 Å². The van der Waals surface area contributed by atoms with Crippen LogP contribution in [0.3, 0.4) is 0 Å². The van der Waals surface area contributed by atoms with Gasteiger partial charge in [-0.1, -0.05) is 47.5 Å². The van der Waals surface area contributed by atoms with Gasteiger partial charge in [-0.25, -0.2) is 0 Å². The highest BCUT2D eigenvalue weighted by molar-refractivity contribution is 8.03. The average molecular weight is 761 g/mol. The Bertz CT molecular complexity index is 1920. The number of allylic oxidation sites excluding steroid dienone is 2. The maximum absolute atomic E-state index is 13.5. The lowest BCUT2D eigenvalue weighted by Gasteiger charge is -2.30. The first-order chi connectivity index (χ1) is 25.6. The first-order valence-electron chi connectivity index (χ1n) is 18.3. The van der Waals surface area contributed by atoms with Crippen molar-refractivity contribution in [1.29, 1.82) is 0 Å². The predicted molar refractivity (Wildman–Crippen MR) is 202 cm³/mol. The molecule has 280 valence electrons. The number of amides is 4. The number of thioether (sulfide) groups is 1. The molecule has 7 rings (SSSR count). The van der Waals surface area contributed by atoms with Gasteiger partial charge in [-0.2, -0.15) is 0 Å². The van der Waals surface area contributed by atoms with Gasteiger partial charge in [-0.15, -0.1) is 22.0 Å². The van der Waals surface area contributed by atoms with Gasteiger partial charge in [0.05, 0.1) is 31.1 Å². The van der Waals surface area contributed by atoms with E-state index >= 15 is 0 Å². The van der Waals surface area contributed by atoms with Gasteiger partial charge in [0.25, 0.3) is 0 Å². The maximum atomic E-state index is 13.5. The fraction of sp³-hybridized carbons (Fsp3) is 0.487. The molecule has 5 unspecified atom stereocenters. The summed E-state index contributed by atoms with van der Waals surface area (Å²) in [5.41, 5.74) is 4.16. The molecule has 5 heterocycles. The Morgan fingerprint density at radius 1 is 1.00 bits per heavy atom. The number of hydrogen-bond donors (Lipinski definition) is 2. The van der Waals surface area contributed by atoms with Crippen molar-refractivity contribution in [3.05, 3.63) is 86.8 Å². The Hall–Kier alpha value is -4.04. The lowest BCUT2D eigenvalue weighted by molar-refractivity contribution is -0.135. The molecular weight excluding hydrogens is 716 g/mol. The Kier molecular flexibility index (Phi) is 11.4. The van der Waals surface area contributed by atoms with E-state index in [1.165, 1.54) is 16.0 Å². The number of halogens is 1. The van der Waals surface area contributed by atoms with E-state index in [1.54, 1.807) is 4.90 Å². The van der Waals surface area contributed by atoms with Crippen LogP contribution in [0.4, 0.5) is 5.69 Å². The Morgan fingerprint density at radius 3 is 2.53 bits per heavy atom. The number of rotatable bonds is 13. The number of nitrogens with one attached hydrogen (secondary N) is 2. The fourth-order valence-electron chi connectivity index (χ4n) is 8.31. The number of aromatic nitrogens is 3. The second kappa shape index (κ2) is 16.1. The lowest BCUT2D eigenvalue weighted by atomic mass is 9.76. The second-order valence-corrected chi connectivity index (χ2v) is 16.0. The van der Waals surface area contributed by atoms with Crippen molar-refractivity contribution in [2.24, 2.45) is 5.92 Å². The number of carbonyl (C=O) groups excluding carboxylic acids is 4. The number of benzene rings is 2. The standard InChI is InChI=1S/C39H45ClN6O6S/c1-22-23(2)53-39-35(22)30(25-8-10-27(40)11-9-25)20-26(36-44-43-24(3)45(36)39)21-34(48)41-15-17-52-19-18-51-16-14-29-28-6-4-5-7-31(28)46(38(29)50)32-12-13-33(47)42-37(32)49/h4-11,26,29-30,32,35,39H,12-21H2,1-3H3,(H,41,48)(H,42,47,49)/t26-,29?,30?,32?,35?,39?/m0/s1. The van der Waals surface area contributed by atoms with Crippen molar-refractivity contribution in [2.75, 3.05) is 37.9 Å². The van der Waals surface area contributed by atoms with Crippen molar-refractivity contribution in [2.45, 2.75) is 82.0 Å². The average Bonchev–Trinajstić information content (AvgIpc) is 3.72. The molecule has 4 aliphatic heterocycles. The number of fused-ring (bicyclic) bond motifs is 4. The summed E-state index contributed by atoms with van der Waals surface area (Å²) in [4.78, 5) is 53.9. The van der Waals surface area contributed by atoms with E-state index in [1.807, 2.05) is 55.1 Å². The van der Waals surface area contributed by atoms with Crippen molar-refractivity contribution in [3.63, 3.8) is 0 Å². The molecule has 53 heavy (non-hydrogen) atoms. The second-order valence-electron chi connectivity index (χ2n) is 14.2. The van der Waals surface area contributed by atoms with Gasteiger partial charge in [0.2, 0.25) is 23.6 Å². The molecule has 0 radical (unpaired) electrons. The third kappa shape index (κ3) is 7.67. The third-order valence-corrected chi connectivity index (χ3v) is 12.7. The van der Waals surface area contributed by atoms with Crippen LogP contribution in [0.15, 0.2) is 59.0 Å². The quantitative estimate of drug-likeness (QED) is 0.170. The molecule has 0 bridgehead atoms. The summed E-state index contributed by atoms with van der Waals surface area (Å²) in [5, 5.41) is 15.3. The SMILES string of the molecule is CC1=C(C)C2C(c3ccc(Cl)cc3)C[C@@H](CC(=O)NCCOCCOCCC3C(=O)N(C4CCC(=O)NC4=O)c4ccccc43)c3nnc(C)n3C2S1. The van der Waals surface area contributed by atoms with Crippen LogP contribution in [0.5, 0.6) is 0 Å². The van der Waals surface area contributed by atoms with Crippen LogP contribution in [-0.4, -0.2) is 77.4 Å². The summed E-state index contributed by atoms with van der Waals surface area (Å²) in [6.07, 6.45) is 2.02. The van der Waals surface area contributed by atoms with E-state index in [-0.39, 0.29) is 47.3 Å². The summed E-state index contributed by atoms with van der Waals surface area (Å²) in [6.45, 7) is 8.12. The summed E-state index contributed by atoms with van der Waals surface area (Å²) in [6, 6.07) is 14.9. The van der Waals surface area contributed by atoms with E-state index in [0.29, 0.717) is 62.9 Å². The molecule has 1 saturated heterocycles. The third-order valence-electron chi connectivity index (χ3n) is 11.0. The van der Waals surface area contributed by atoms with Crippen LogP contribution >= 0.6 is 23.4 Å². The smallest absolute Gasteiger partial charge is 0.249 e. The number of nitrogens with zero attached hydrogens (tertiary/aromatic N) is 4. The lowest BCUT2D eigenvalue weighted by Crippen LogP contribution is -2.54. The number of hydrogen-bond acceptors (Lipinski definition) is 9. The summed E-state index contributed by atoms with van der Waals surface area (Å²) in [7, 11) is 0. The zero-order chi connectivity index (χ0) is 37.2. The van der Waals surface area contributed by atoms with Crippen molar-refractivity contribution < 1.29 is 28.7 Å². The number of imide groups is 1. The molecular formula is C39H45ClN6O6S. The number of para-hydroxylation sites is 1. The minimum absolute atomic E-state index is 0.0621. The van der Waals surface area contributed by atoms with Gasteiger partial charge < -0.3 is 19.4 Å². The Balaban J connectivity index is 0.869. The number of aryl methyl sites for hydroxylation is 1. The van der Waals surface area contributed by atoms with Crippen LogP contribution < -0.4 is 15.5 Å². The van der Waals surface area contributed by atoms with E-state index < -0.39 is 17.9 Å². The van der Waals surface area contributed by atoms with E-state index in [2.05, 4.69) is 51.4 Å². The molecule has 1 aromatic heterocycles. The molecule has 1 fully saturated rings. The van der Waals surface area contributed by atoms with Crippen molar-refractivity contribution in [3.8, 4) is 0 Å². The molecule has 2 aromatic carbocycles. The molecule has 0 spiro atoms. The number of piperidine rings is 1. The van der Waals surface area contributed by atoms with Gasteiger partial charge in [-0.3, -0.25) is 29.4 Å². The van der Waals surface area contributed by atoms with Gasteiger partial charge in [0.15, 0.2) is 0 Å². The van der Waals surface area contributed by atoms with Crippen LogP contribution in [0, 0.1) is 12.8 Å². The first kappa shape index (κ1) is 37.3. The van der Waals surface area contributed by atoms with E-state index in [4.69, 9.17) is 21.1 Å². The molecule has 14 heteroatoms. The fourth-order valence-corrected chi connectivity index (χ4v) is 10.0. The van der Waals surface area contributed by atoms with E-state index in [0.717, 1.165) is 23.6 Å². The van der Waals surface area contributed by atoms with Gasteiger partial charge in [-0.05, 0) is 80.2 Å².